The van der Waals surface area contributed by atoms with Gasteiger partial charge in [0.05, 0.1) is 10.6 Å². The van der Waals surface area contributed by atoms with Crippen molar-refractivity contribution < 1.29 is 32.2 Å². The summed E-state index contributed by atoms with van der Waals surface area (Å²) in [5, 5.41) is 2.79. The summed E-state index contributed by atoms with van der Waals surface area (Å²) in [6.45, 7) is 2.57. The van der Waals surface area contributed by atoms with Crippen LogP contribution in [-0.4, -0.2) is 40.9 Å². The fraction of sp³-hybridized carbons (Fsp3) is 0.240. The van der Waals surface area contributed by atoms with Crippen molar-refractivity contribution in [3.63, 3.8) is 0 Å². The fourth-order valence-corrected chi connectivity index (χ4v) is 5.28. The molecule has 5 rings (SSSR count). The first-order chi connectivity index (χ1) is 16.9. The van der Waals surface area contributed by atoms with Crippen LogP contribution in [0.5, 0.6) is 23.0 Å². The van der Waals surface area contributed by atoms with Gasteiger partial charge in [-0.25, -0.2) is 8.42 Å². The molecule has 0 atom stereocenters. The fourth-order valence-electron chi connectivity index (χ4n) is 3.85. The lowest BCUT2D eigenvalue weighted by atomic mass is 10.2. The zero-order valence-corrected chi connectivity index (χ0v) is 19.8. The van der Waals surface area contributed by atoms with E-state index in [1.54, 1.807) is 36.4 Å². The lowest BCUT2D eigenvalue weighted by molar-refractivity contribution is -0.119. The molecule has 2 heterocycles. The number of ether oxygens (including phenoxy) is 4. The number of nitrogens with zero attached hydrogens (tertiary/aromatic N) is 1. The van der Waals surface area contributed by atoms with Gasteiger partial charge in [-0.1, -0.05) is 18.2 Å². The van der Waals surface area contributed by atoms with Gasteiger partial charge in [0.25, 0.3) is 10.0 Å². The van der Waals surface area contributed by atoms with E-state index in [-0.39, 0.29) is 18.2 Å². The van der Waals surface area contributed by atoms with Gasteiger partial charge in [0.2, 0.25) is 12.7 Å². The lowest BCUT2D eigenvalue weighted by Gasteiger charge is -2.25. The highest BCUT2D eigenvalue weighted by Gasteiger charge is 2.29. The zero-order chi connectivity index (χ0) is 24.4. The Morgan fingerprint density at radius 2 is 1.60 bits per heavy atom. The number of amides is 1. The van der Waals surface area contributed by atoms with E-state index in [1.807, 2.05) is 19.1 Å². The molecule has 9 nitrogen and oxygen atoms in total. The summed E-state index contributed by atoms with van der Waals surface area (Å²) in [6, 6.07) is 16.8. The number of rotatable bonds is 7. The van der Waals surface area contributed by atoms with Gasteiger partial charge in [0, 0.05) is 12.6 Å². The highest BCUT2D eigenvalue weighted by atomic mass is 32.2. The molecule has 0 saturated carbocycles. The van der Waals surface area contributed by atoms with Gasteiger partial charge in [-0.3, -0.25) is 9.10 Å². The monoisotopic (exact) mass is 496 g/mol. The molecule has 2 aliphatic rings. The van der Waals surface area contributed by atoms with Crippen molar-refractivity contribution >= 4 is 21.6 Å². The summed E-state index contributed by atoms with van der Waals surface area (Å²) >= 11 is 0. The van der Waals surface area contributed by atoms with Crippen LogP contribution in [0.15, 0.2) is 65.6 Å². The average molecular weight is 497 g/mol. The van der Waals surface area contributed by atoms with E-state index in [1.165, 1.54) is 12.1 Å². The second-order valence-electron chi connectivity index (χ2n) is 8.12. The van der Waals surface area contributed by atoms with Crippen LogP contribution in [0.3, 0.4) is 0 Å². The largest absolute Gasteiger partial charge is 0.486 e. The number of hydrogen-bond acceptors (Lipinski definition) is 7. The number of benzene rings is 3. The second-order valence-corrected chi connectivity index (χ2v) is 9.98. The quantitative estimate of drug-likeness (QED) is 0.536. The Hall–Kier alpha value is -3.92. The zero-order valence-electron chi connectivity index (χ0n) is 19.0. The standard InChI is InChI=1S/C25H24N2O7S/c1-17-3-2-4-19(11-17)27(35(29,30)20-6-8-21-24(13-20)32-10-9-31-21)15-25(28)26-14-18-5-7-22-23(12-18)34-16-33-22/h2-8,11-13H,9-10,14-16H2,1H3,(H,26,28). The Morgan fingerprint density at radius 3 is 2.43 bits per heavy atom. The smallest absolute Gasteiger partial charge is 0.264 e. The average Bonchev–Trinajstić information content (AvgIpc) is 3.33. The molecule has 1 N–H and O–H groups in total. The van der Waals surface area contributed by atoms with E-state index < -0.39 is 22.5 Å². The van der Waals surface area contributed by atoms with Gasteiger partial charge >= 0.3 is 0 Å². The maximum Gasteiger partial charge on any atom is 0.264 e. The third kappa shape index (κ3) is 4.83. The molecule has 0 aromatic heterocycles. The molecule has 0 saturated heterocycles. The minimum atomic E-state index is -4.09. The molecule has 2 aliphatic heterocycles. The summed E-state index contributed by atoms with van der Waals surface area (Å²) in [5.74, 6) is 1.65. The predicted molar refractivity (Wildman–Crippen MR) is 128 cm³/mol. The van der Waals surface area contributed by atoms with Gasteiger partial charge in [0.15, 0.2) is 23.0 Å². The number of carbonyl (C=O) groups excluding carboxylic acids is 1. The van der Waals surface area contributed by atoms with Crippen LogP contribution < -0.4 is 28.6 Å². The third-order valence-corrected chi connectivity index (χ3v) is 7.37. The molecule has 0 aliphatic carbocycles. The van der Waals surface area contributed by atoms with Crippen molar-refractivity contribution in [1.29, 1.82) is 0 Å². The molecule has 0 fully saturated rings. The molecule has 35 heavy (non-hydrogen) atoms. The van der Waals surface area contributed by atoms with Crippen LogP contribution in [0.4, 0.5) is 5.69 Å². The van der Waals surface area contributed by atoms with Crippen LogP contribution >= 0.6 is 0 Å². The summed E-state index contributed by atoms with van der Waals surface area (Å²) in [6.07, 6.45) is 0. The molecular weight excluding hydrogens is 472 g/mol. The number of sulfonamides is 1. The summed E-state index contributed by atoms with van der Waals surface area (Å²) in [5.41, 5.74) is 2.06. The number of fused-ring (bicyclic) bond motifs is 2. The number of carbonyl (C=O) groups is 1. The normalized spacial score (nSPS) is 13.9. The first kappa shape index (κ1) is 22.9. The molecule has 3 aromatic carbocycles. The van der Waals surface area contributed by atoms with Crippen LogP contribution in [-0.2, 0) is 21.4 Å². The molecular formula is C25H24N2O7S. The third-order valence-electron chi connectivity index (χ3n) is 5.61. The Morgan fingerprint density at radius 1 is 0.886 bits per heavy atom. The number of nitrogens with one attached hydrogen (secondary N) is 1. The summed E-state index contributed by atoms with van der Waals surface area (Å²) < 4.78 is 50.2. The van der Waals surface area contributed by atoms with E-state index in [4.69, 9.17) is 18.9 Å². The number of anilines is 1. The van der Waals surface area contributed by atoms with Crippen LogP contribution in [0, 0.1) is 6.92 Å². The summed E-state index contributed by atoms with van der Waals surface area (Å²) in [4.78, 5) is 12.9. The van der Waals surface area contributed by atoms with E-state index in [2.05, 4.69) is 5.32 Å². The second kappa shape index (κ2) is 9.38. The maximum atomic E-state index is 13.7. The van der Waals surface area contributed by atoms with Crippen LogP contribution in [0.2, 0.25) is 0 Å². The molecule has 1 amide bonds. The highest BCUT2D eigenvalue weighted by Crippen LogP contribution is 2.35. The molecule has 0 bridgehead atoms. The van der Waals surface area contributed by atoms with Gasteiger partial charge in [-0.15, -0.1) is 0 Å². The van der Waals surface area contributed by atoms with E-state index >= 15 is 0 Å². The Labute approximate surface area is 203 Å². The molecule has 3 aromatic rings. The topological polar surface area (TPSA) is 103 Å². The van der Waals surface area contributed by atoms with Crippen LogP contribution in [0.25, 0.3) is 0 Å². The lowest BCUT2D eigenvalue weighted by Crippen LogP contribution is -2.40. The molecule has 0 spiro atoms. The highest BCUT2D eigenvalue weighted by molar-refractivity contribution is 7.92. The van der Waals surface area contributed by atoms with Crippen molar-refractivity contribution in [2.24, 2.45) is 0 Å². The van der Waals surface area contributed by atoms with E-state index in [9.17, 15) is 13.2 Å². The Bertz CT molecular complexity index is 1370. The number of aryl methyl sites for hydroxylation is 1. The molecule has 10 heteroatoms. The van der Waals surface area contributed by atoms with E-state index in [0.717, 1.165) is 15.4 Å². The SMILES string of the molecule is Cc1cccc(N(CC(=O)NCc2ccc3c(c2)OCO3)S(=O)(=O)c2ccc3c(c2)OCCO3)c1. The van der Waals surface area contributed by atoms with E-state index in [0.29, 0.717) is 41.9 Å². The Balaban J connectivity index is 1.38. The molecule has 0 unspecified atom stereocenters. The van der Waals surface area contributed by atoms with Gasteiger partial charge in [0.1, 0.15) is 19.8 Å². The van der Waals surface area contributed by atoms with Crippen molar-refractivity contribution in [3.8, 4) is 23.0 Å². The van der Waals surface area contributed by atoms with Crippen molar-refractivity contribution in [3.05, 3.63) is 71.8 Å². The van der Waals surface area contributed by atoms with Gasteiger partial charge < -0.3 is 24.3 Å². The van der Waals surface area contributed by atoms with Crippen molar-refractivity contribution in [1.82, 2.24) is 5.32 Å². The minimum absolute atomic E-state index is 0.00632. The Kier molecular flexibility index (Phi) is 6.12. The maximum absolute atomic E-state index is 13.7. The first-order valence-electron chi connectivity index (χ1n) is 11.0. The molecule has 0 radical (unpaired) electrons. The van der Waals surface area contributed by atoms with Crippen LogP contribution in [0.1, 0.15) is 11.1 Å². The van der Waals surface area contributed by atoms with Crippen molar-refractivity contribution in [2.75, 3.05) is 30.9 Å². The van der Waals surface area contributed by atoms with Gasteiger partial charge in [-0.05, 0) is 54.4 Å². The minimum Gasteiger partial charge on any atom is -0.486 e. The van der Waals surface area contributed by atoms with Crippen molar-refractivity contribution in [2.45, 2.75) is 18.4 Å². The van der Waals surface area contributed by atoms with Gasteiger partial charge in [-0.2, -0.15) is 0 Å². The predicted octanol–water partition coefficient (Wildman–Crippen LogP) is 3.01. The number of hydrogen-bond donors (Lipinski definition) is 1. The molecule has 182 valence electrons. The first-order valence-corrected chi connectivity index (χ1v) is 12.5. The summed E-state index contributed by atoms with van der Waals surface area (Å²) in [7, 11) is -4.09.